The van der Waals surface area contributed by atoms with Crippen molar-refractivity contribution in [1.82, 2.24) is 14.7 Å². The van der Waals surface area contributed by atoms with Crippen LogP contribution in [0.15, 0.2) is 115 Å². The zero-order chi connectivity index (χ0) is 27.3. The monoisotopic (exact) mass is 547 g/mol. The van der Waals surface area contributed by atoms with Gasteiger partial charge < -0.3 is 9.80 Å². The van der Waals surface area contributed by atoms with Gasteiger partial charge in [-0.1, -0.05) is 103 Å². The summed E-state index contributed by atoms with van der Waals surface area (Å²) in [5.74, 6) is 0.703. The summed E-state index contributed by atoms with van der Waals surface area (Å²) in [5.41, 5.74) is 5.42. The molecule has 40 heavy (non-hydrogen) atoms. The van der Waals surface area contributed by atoms with Gasteiger partial charge in [0.15, 0.2) is 0 Å². The molecule has 0 saturated carbocycles. The van der Waals surface area contributed by atoms with Crippen LogP contribution in [0.1, 0.15) is 44.0 Å². The highest BCUT2D eigenvalue weighted by molar-refractivity contribution is 8.00. The molecule has 0 unspecified atom stereocenters. The highest BCUT2D eigenvalue weighted by Crippen LogP contribution is 2.39. The molecule has 0 bridgehead atoms. The maximum Gasteiger partial charge on any atom is 0.253 e. The molecule has 4 aromatic rings. The number of rotatable bonds is 7. The predicted octanol–water partition coefficient (Wildman–Crippen LogP) is 6.01. The van der Waals surface area contributed by atoms with Crippen LogP contribution in [0.2, 0.25) is 0 Å². The fraction of sp³-hybridized carbons (Fsp3) is 0.235. The quantitative estimate of drug-likeness (QED) is 0.284. The number of carbonyl (C=O) groups is 2. The van der Waals surface area contributed by atoms with E-state index < -0.39 is 0 Å². The third-order valence-electron chi connectivity index (χ3n) is 7.80. The topological polar surface area (TPSA) is 43.9 Å². The Morgan fingerprint density at radius 1 is 0.725 bits per heavy atom. The standard InChI is InChI=1S/C34H33N3O2S/c38-31-25-40-34(37(31)24-26-10-4-1-5-11-26)30-18-16-29(17-19-30)33(39)36-22-20-35(21-23-36)32(27-12-6-2-7-13-27)28-14-8-3-9-15-28/h1-19,32,34H,20-25H2/t34-/m0/s1. The molecule has 1 atom stereocenters. The molecular weight excluding hydrogens is 514 g/mol. The van der Waals surface area contributed by atoms with Crippen LogP contribution in [-0.2, 0) is 11.3 Å². The summed E-state index contributed by atoms with van der Waals surface area (Å²) >= 11 is 1.65. The van der Waals surface area contributed by atoms with Gasteiger partial charge in [0.2, 0.25) is 5.91 Å². The molecule has 4 aromatic carbocycles. The minimum atomic E-state index is -0.0340. The first kappa shape index (κ1) is 26.4. The average molecular weight is 548 g/mol. The van der Waals surface area contributed by atoms with E-state index in [-0.39, 0.29) is 23.2 Å². The van der Waals surface area contributed by atoms with Crippen LogP contribution >= 0.6 is 11.8 Å². The Labute approximate surface area is 240 Å². The van der Waals surface area contributed by atoms with Crippen LogP contribution in [0.3, 0.4) is 0 Å². The summed E-state index contributed by atoms with van der Waals surface area (Å²) in [6.07, 6.45) is 0. The lowest BCUT2D eigenvalue weighted by atomic mass is 9.96. The molecule has 6 rings (SSSR count). The minimum absolute atomic E-state index is 0.0340. The second-order valence-electron chi connectivity index (χ2n) is 10.3. The molecule has 2 aliphatic rings. The molecule has 0 N–H and O–H groups in total. The van der Waals surface area contributed by atoms with Crippen molar-refractivity contribution in [3.63, 3.8) is 0 Å². The third-order valence-corrected chi connectivity index (χ3v) is 9.06. The van der Waals surface area contributed by atoms with Crippen LogP contribution < -0.4 is 0 Å². The van der Waals surface area contributed by atoms with Gasteiger partial charge in [-0.15, -0.1) is 11.8 Å². The number of carbonyl (C=O) groups excluding carboxylic acids is 2. The second kappa shape index (κ2) is 12.1. The largest absolute Gasteiger partial charge is 0.336 e. The molecule has 0 aliphatic carbocycles. The first-order valence-corrected chi connectivity index (χ1v) is 14.9. The molecular formula is C34H33N3O2S. The Balaban J connectivity index is 1.11. The van der Waals surface area contributed by atoms with E-state index in [4.69, 9.17) is 0 Å². The Bertz CT molecular complexity index is 1380. The smallest absolute Gasteiger partial charge is 0.253 e. The van der Waals surface area contributed by atoms with Crippen LogP contribution in [0.25, 0.3) is 0 Å². The molecule has 0 spiro atoms. The Morgan fingerprint density at radius 3 is 1.85 bits per heavy atom. The van der Waals surface area contributed by atoms with Crippen molar-refractivity contribution in [3.8, 4) is 0 Å². The summed E-state index contributed by atoms with van der Waals surface area (Å²) < 4.78 is 0. The molecule has 6 heteroatoms. The summed E-state index contributed by atoms with van der Waals surface area (Å²) in [4.78, 5) is 32.5. The van der Waals surface area contributed by atoms with Gasteiger partial charge in [0.1, 0.15) is 5.37 Å². The number of nitrogens with zero attached hydrogens (tertiary/aromatic N) is 3. The Morgan fingerprint density at radius 2 is 1.27 bits per heavy atom. The lowest BCUT2D eigenvalue weighted by Gasteiger charge is -2.39. The van der Waals surface area contributed by atoms with Gasteiger partial charge in [0.05, 0.1) is 11.8 Å². The summed E-state index contributed by atoms with van der Waals surface area (Å²) in [6, 6.07) is 39.4. The van der Waals surface area contributed by atoms with E-state index in [0.29, 0.717) is 31.0 Å². The summed E-state index contributed by atoms with van der Waals surface area (Å²) in [6.45, 7) is 3.60. The predicted molar refractivity (Wildman–Crippen MR) is 161 cm³/mol. The van der Waals surface area contributed by atoms with Gasteiger partial charge in [0, 0.05) is 38.3 Å². The van der Waals surface area contributed by atoms with Crippen molar-refractivity contribution in [2.45, 2.75) is 18.0 Å². The minimum Gasteiger partial charge on any atom is -0.336 e. The maximum atomic E-state index is 13.4. The van der Waals surface area contributed by atoms with Crippen molar-refractivity contribution in [3.05, 3.63) is 143 Å². The summed E-state index contributed by atoms with van der Waals surface area (Å²) in [5, 5.41) is -0.0340. The van der Waals surface area contributed by atoms with Crippen LogP contribution in [0.5, 0.6) is 0 Å². The number of amides is 2. The lowest BCUT2D eigenvalue weighted by Crippen LogP contribution is -2.49. The zero-order valence-corrected chi connectivity index (χ0v) is 23.2. The highest BCUT2D eigenvalue weighted by atomic mass is 32.2. The van der Waals surface area contributed by atoms with Gasteiger partial charge in [0.25, 0.3) is 5.91 Å². The molecule has 2 heterocycles. The van der Waals surface area contributed by atoms with Crippen molar-refractivity contribution in [2.75, 3.05) is 31.9 Å². The number of piperazine rings is 1. The molecule has 0 radical (unpaired) electrons. The first-order valence-electron chi connectivity index (χ1n) is 13.9. The van der Waals surface area contributed by atoms with E-state index in [1.807, 2.05) is 52.3 Å². The van der Waals surface area contributed by atoms with Crippen molar-refractivity contribution in [1.29, 1.82) is 0 Å². The lowest BCUT2D eigenvalue weighted by molar-refractivity contribution is -0.128. The molecule has 2 aliphatic heterocycles. The van der Waals surface area contributed by atoms with E-state index in [2.05, 4.69) is 77.7 Å². The number of thioether (sulfide) groups is 1. The van der Waals surface area contributed by atoms with E-state index in [1.54, 1.807) is 11.8 Å². The van der Waals surface area contributed by atoms with E-state index in [0.717, 1.165) is 24.2 Å². The van der Waals surface area contributed by atoms with Gasteiger partial charge in [-0.2, -0.15) is 0 Å². The molecule has 5 nitrogen and oxygen atoms in total. The van der Waals surface area contributed by atoms with E-state index in [1.165, 1.54) is 11.1 Å². The van der Waals surface area contributed by atoms with Crippen LogP contribution in [0, 0.1) is 0 Å². The van der Waals surface area contributed by atoms with E-state index >= 15 is 0 Å². The van der Waals surface area contributed by atoms with Crippen molar-refractivity contribution < 1.29 is 9.59 Å². The third kappa shape index (κ3) is 5.69. The number of benzene rings is 4. The van der Waals surface area contributed by atoms with Crippen molar-refractivity contribution >= 4 is 23.6 Å². The van der Waals surface area contributed by atoms with Crippen LogP contribution in [-0.4, -0.2) is 58.4 Å². The summed E-state index contributed by atoms with van der Waals surface area (Å²) in [7, 11) is 0. The SMILES string of the molecule is O=C(c1ccc([C@@H]2SCC(=O)N2Cc2ccccc2)cc1)N1CCN(C(c2ccccc2)c2ccccc2)CC1. The van der Waals surface area contributed by atoms with Gasteiger partial charge >= 0.3 is 0 Å². The van der Waals surface area contributed by atoms with Gasteiger partial charge in [-0.25, -0.2) is 0 Å². The molecule has 2 fully saturated rings. The number of hydrogen-bond acceptors (Lipinski definition) is 4. The van der Waals surface area contributed by atoms with Crippen molar-refractivity contribution in [2.24, 2.45) is 0 Å². The van der Waals surface area contributed by atoms with Gasteiger partial charge in [-0.05, 0) is 34.4 Å². The molecule has 2 saturated heterocycles. The Kier molecular flexibility index (Phi) is 7.98. The zero-order valence-electron chi connectivity index (χ0n) is 22.4. The molecule has 202 valence electrons. The highest BCUT2D eigenvalue weighted by Gasteiger charge is 2.33. The molecule has 2 amide bonds. The normalized spacial score (nSPS) is 17.9. The second-order valence-corrected chi connectivity index (χ2v) is 11.4. The fourth-order valence-electron chi connectivity index (χ4n) is 5.72. The first-order chi connectivity index (χ1) is 19.7. The Hall–Kier alpha value is -3.87. The average Bonchev–Trinajstić information content (AvgIpc) is 3.38. The maximum absolute atomic E-state index is 13.4. The van der Waals surface area contributed by atoms with Crippen LogP contribution in [0.4, 0.5) is 0 Å². The fourth-order valence-corrected chi connectivity index (χ4v) is 6.91. The number of hydrogen-bond donors (Lipinski definition) is 0. The van der Waals surface area contributed by atoms with E-state index in [9.17, 15) is 9.59 Å². The van der Waals surface area contributed by atoms with Gasteiger partial charge in [-0.3, -0.25) is 14.5 Å². The molecule has 0 aromatic heterocycles.